The van der Waals surface area contributed by atoms with E-state index in [-0.39, 0.29) is 0 Å². The summed E-state index contributed by atoms with van der Waals surface area (Å²) >= 11 is 1.72. The summed E-state index contributed by atoms with van der Waals surface area (Å²) < 4.78 is 1.46. The van der Waals surface area contributed by atoms with Crippen molar-refractivity contribution in [2.24, 2.45) is 0 Å². The van der Waals surface area contributed by atoms with Crippen LogP contribution in [0.3, 0.4) is 0 Å². The Kier molecular flexibility index (Phi) is 17.8. The van der Waals surface area contributed by atoms with Gasteiger partial charge in [0.1, 0.15) is 0 Å². The minimum atomic E-state index is 1.37. The summed E-state index contributed by atoms with van der Waals surface area (Å²) in [5.41, 5.74) is 0. The molecule has 0 spiro atoms. The number of hydrogen-bond donors (Lipinski definition) is 0. The molecule has 101 valence electrons. The SMILES string of the molecule is CCCCCCCCCCCCCCC[CH2][Zr]. The Bertz CT molecular complexity index is 109. The number of hydrogen-bond acceptors (Lipinski definition) is 0. The van der Waals surface area contributed by atoms with Gasteiger partial charge in [0.2, 0.25) is 0 Å². The van der Waals surface area contributed by atoms with E-state index in [1.807, 2.05) is 0 Å². The Morgan fingerprint density at radius 1 is 0.471 bits per heavy atom. The number of rotatable bonds is 14. The Morgan fingerprint density at radius 2 is 0.765 bits per heavy atom. The van der Waals surface area contributed by atoms with E-state index in [4.69, 9.17) is 0 Å². The van der Waals surface area contributed by atoms with Crippen LogP contribution in [-0.2, 0) is 24.7 Å². The van der Waals surface area contributed by atoms with Gasteiger partial charge in [-0.3, -0.25) is 0 Å². The molecular weight excluding hydrogens is 283 g/mol. The summed E-state index contributed by atoms with van der Waals surface area (Å²) in [6.45, 7) is 2.29. The van der Waals surface area contributed by atoms with Crippen LogP contribution in [0.5, 0.6) is 0 Å². The maximum absolute atomic E-state index is 2.29. The molecule has 0 nitrogen and oxygen atoms in total. The quantitative estimate of drug-likeness (QED) is 0.324. The van der Waals surface area contributed by atoms with Crippen LogP contribution in [0.15, 0.2) is 0 Å². The second kappa shape index (κ2) is 16.9. The topological polar surface area (TPSA) is 0 Å². The van der Waals surface area contributed by atoms with Gasteiger partial charge in [-0.25, -0.2) is 0 Å². The van der Waals surface area contributed by atoms with Crippen molar-refractivity contribution in [2.45, 2.75) is 101 Å². The van der Waals surface area contributed by atoms with Crippen LogP contribution in [0.4, 0.5) is 0 Å². The third-order valence-corrected chi connectivity index (χ3v) is 4.40. The van der Waals surface area contributed by atoms with E-state index < -0.39 is 0 Å². The van der Waals surface area contributed by atoms with Crippen molar-refractivity contribution in [2.75, 3.05) is 0 Å². The van der Waals surface area contributed by atoms with Gasteiger partial charge < -0.3 is 0 Å². The maximum atomic E-state index is 2.29. The van der Waals surface area contributed by atoms with Crippen LogP contribution in [0, 0.1) is 0 Å². The fraction of sp³-hybridized carbons (Fsp3) is 1.00. The molecule has 0 radical (unpaired) electrons. The van der Waals surface area contributed by atoms with Gasteiger partial charge in [-0.1, -0.05) is 26.2 Å². The van der Waals surface area contributed by atoms with Crippen LogP contribution in [0.25, 0.3) is 0 Å². The van der Waals surface area contributed by atoms with Gasteiger partial charge in [0.15, 0.2) is 0 Å². The van der Waals surface area contributed by atoms with Gasteiger partial charge in [-0.15, -0.1) is 0 Å². The molecule has 0 aliphatic carbocycles. The summed E-state index contributed by atoms with van der Waals surface area (Å²) in [5, 5.41) is 0. The monoisotopic (exact) mass is 315 g/mol. The molecule has 0 aliphatic heterocycles. The Hall–Kier alpha value is 0.883. The first-order valence-corrected chi connectivity index (χ1v) is 9.80. The van der Waals surface area contributed by atoms with Crippen LogP contribution in [0.1, 0.15) is 96.8 Å². The standard InChI is InChI=1S/C16H33.Zr/c1-3-5-7-9-11-13-15-16-14-12-10-8-6-4-2;/h1,3-16H2,2H3;. The molecule has 0 saturated heterocycles. The van der Waals surface area contributed by atoms with Gasteiger partial charge in [0, 0.05) is 0 Å². The molecule has 1 heteroatoms. The van der Waals surface area contributed by atoms with E-state index in [1.165, 1.54) is 94.0 Å². The molecule has 0 aliphatic rings. The zero-order valence-corrected chi connectivity index (χ0v) is 14.6. The summed E-state index contributed by atoms with van der Waals surface area (Å²) in [6, 6.07) is 0. The zero-order chi connectivity index (χ0) is 12.6. The van der Waals surface area contributed by atoms with Crippen molar-refractivity contribution in [1.29, 1.82) is 0 Å². The average molecular weight is 317 g/mol. The molecule has 0 unspecified atom stereocenters. The van der Waals surface area contributed by atoms with E-state index in [1.54, 1.807) is 24.7 Å². The Labute approximate surface area is 125 Å². The Balaban J connectivity index is 2.85. The fourth-order valence-electron chi connectivity index (χ4n) is 2.32. The van der Waals surface area contributed by atoms with E-state index >= 15 is 0 Å². The summed E-state index contributed by atoms with van der Waals surface area (Å²) in [6.07, 6.45) is 20.7. The van der Waals surface area contributed by atoms with Crippen LogP contribution in [-0.4, -0.2) is 0 Å². The van der Waals surface area contributed by atoms with E-state index in [0.717, 1.165) is 0 Å². The first-order chi connectivity index (χ1) is 8.41. The molecule has 0 aromatic rings. The predicted molar refractivity (Wildman–Crippen MR) is 75.1 cm³/mol. The van der Waals surface area contributed by atoms with Crippen molar-refractivity contribution in [3.8, 4) is 0 Å². The molecule has 17 heavy (non-hydrogen) atoms. The minimum absolute atomic E-state index is 1.37. The molecule has 0 N–H and O–H groups in total. The molecule has 0 fully saturated rings. The van der Waals surface area contributed by atoms with E-state index in [2.05, 4.69) is 6.92 Å². The average Bonchev–Trinajstić information content (AvgIpc) is 2.35. The molecule has 0 bridgehead atoms. The van der Waals surface area contributed by atoms with Gasteiger partial charge in [0.05, 0.1) is 0 Å². The predicted octanol–water partition coefficient (Wildman–Crippen LogP) is 6.43. The normalized spacial score (nSPS) is 10.8. The molecular formula is C16H33Zr. The van der Waals surface area contributed by atoms with Gasteiger partial charge in [-0.2, -0.15) is 0 Å². The number of unbranched alkanes of at least 4 members (excludes halogenated alkanes) is 13. The molecule has 0 amide bonds. The summed E-state index contributed by atoms with van der Waals surface area (Å²) in [5.74, 6) is 0. The van der Waals surface area contributed by atoms with Crippen molar-refractivity contribution < 1.29 is 24.7 Å². The van der Waals surface area contributed by atoms with Crippen molar-refractivity contribution in [3.63, 3.8) is 0 Å². The van der Waals surface area contributed by atoms with Gasteiger partial charge in [-0.05, 0) is 0 Å². The first kappa shape index (κ1) is 17.9. The zero-order valence-electron chi connectivity index (χ0n) is 12.1. The molecule has 0 atom stereocenters. The summed E-state index contributed by atoms with van der Waals surface area (Å²) in [7, 11) is 0. The third-order valence-electron chi connectivity index (χ3n) is 3.53. The van der Waals surface area contributed by atoms with Crippen molar-refractivity contribution in [1.82, 2.24) is 0 Å². The second-order valence-corrected chi connectivity index (χ2v) is 6.58. The summed E-state index contributed by atoms with van der Waals surface area (Å²) in [4.78, 5) is 0. The van der Waals surface area contributed by atoms with E-state index in [9.17, 15) is 0 Å². The van der Waals surface area contributed by atoms with Crippen molar-refractivity contribution in [3.05, 3.63) is 0 Å². The first-order valence-electron chi connectivity index (χ1n) is 8.06. The Morgan fingerprint density at radius 3 is 1.06 bits per heavy atom. The third kappa shape index (κ3) is 16.9. The van der Waals surface area contributed by atoms with Gasteiger partial charge >= 0.3 is 99.5 Å². The fourth-order valence-corrected chi connectivity index (χ4v) is 2.93. The van der Waals surface area contributed by atoms with E-state index in [0.29, 0.717) is 0 Å². The molecule has 0 rings (SSSR count). The van der Waals surface area contributed by atoms with Crippen LogP contribution in [0.2, 0.25) is 4.13 Å². The molecule has 0 heterocycles. The van der Waals surface area contributed by atoms with Crippen molar-refractivity contribution >= 4 is 0 Å². The molecule has 0 saturated carbocycles. The van der Waals surface area contributed by atoms with Crippen LogP contribution >= 0.6 is 0 Å². The molecule has 0 aromatic heterocycles. The molecule has 0 aromatic carbocycles. The van der Waals surface area contributed by atoms with Gasteiger partial charge in [0.25, 0.3) is 0 Å². The van der Waals surface area contributed by atoms with Crippen LogP contribution < -0.4 is 0 Å². The second-order valence-electron chi connectivity index (χ2n) is 5.35.